The number of thiophene rings is 1. The van der Waals surface area contributed by atoms with Gasteiger partial charge in [0.25, 0.3) is 0 Å². The van der Waals surface area contributed by atoms with Crippen LogP contribution in [0.4, 0.5) is 0 Å². The summed E-state index contributed by atoms with van der Waals surface area (Å²) in [5, 5.41) is 2.03. The second-order valence-corrected chi connectivity index (χ2v) is 5.08. The number of nitrogens with two attached hydrogens (primary N) is 2. The highest BCUT2D eigenvalue weighted by atomic mass is 32.1. The van der Waals surface area contributed by atoms with E-state index in [1.165, 1.54) is 4.88 Å². The van der Waals surface area contributed by atoms with Crippen LogP contribution in [0.1, 0.15) is 24.6 Å². The number of hydrogen-bond acceptors (Lipinski definition) is 4. The highest BCUT2D eigenvalue weighted by Gasteiger charge is 2.32. The van der Waals surface area contributed by atoms with E-state index in [1.807, 2.05) is 18.4 Å². The molecule has 0 fully saturated rings. The van der Waals surface area contributed by atoms with Crippen LogP contribution in [0.3, 0.4) is 0 Å². The van der Waals surface area contributed by atoms with Gasteiger partial charge in [0.05, 0.1) is 5.41 Å². The average Bonchev–Trinajstić information content (AvgIpc) is 2.82. The van der Waals surface area contributed by atoms with Crippen molar-refractivity contribution in [1.82, 2.24) is 0 Å². The number of carbonyl (C=O) groups excluding carboxylic acids is 1. The molecule has 0 bridgehead atoms. The Hall–Kier alpha value is -0.710. The Morgan fingerprint density at radius 3 is 2.56 bits per heavy atom. The zero-order valence-electron chi connectivity index (χ0n) is 9.74. The normalized spacial score (nSPS) is 11.7. The van der Waals surface area contributed by atoms with Crippen LogP contribution < -0.4 is 11.5 Å². The van der Waals surface area contributed by atoms with Crippen LogP contribution in [0.5, 0.6) is 0 Å². The lowest BCUT2D eigenvalue weighted by atomic mass is 9.79. The maximum atomic E-state index is 12.1. The van der Waals surface area contributed by atoms with Crippen molar-refractivity contribution in [3.05, 3.63) is 22.4 Å². The molecule has 0 unspecified atom stereocenters. The highest BCUT2D eigenvalue weighted by molar-refractivity contribution is 7.09. The number of Topliss-reactive ketones (excluding diaryl/α,β-unsaturated/α-hetero) is 1. The van der Waals surface area contributed by atoms with E-state index in [0.717, 1.165) is 12.8 Å². The first kappa shape index (κ1) is 13.4. The third kappa shape index (κ3) is 2.90. The molecule has 0 saturated carbocycles. The van der Waals surface area contributed by atoms with Crippen molar-refractivity contribution < 1.29 is 4.79 Å². The molecule has 0 spiro atoms. The van der Waals surface area contributed by atoms with Gasteiger partial charge in [0.2, 0.25) is 0 Å². The fourth-order valence-corrected chi connectivity index (χ4v) is 2.46. The van der Waals surface area contributed by atoms with Crippen molar-refractivity contribution >= 4 is 17.1 Å². The van der Waals surface area contributed by atoms with Crippen LogP contribution in [0.2, 0.25) is 0 Å². The summed E-state index contributed by atoms with van der Waals surface area (Å²) < 4.78 is 0. The third-order valence-corrected chi connectivity index (χ3v) is 4.16. The van der Waals surface area contributed by atoms with Gasteiger partial charge in [-0.05, 0) is 24.3 Å². The highest BCUT2D eigenvalue weighted by Crippen LogP contribution is 2.23. The third-order valence-electron chi connectivity index (χ3n) is 3.23. The summed E-state index contributed by atoms with van der Waals surface area (Å²) in [5.41, 5.74) is 10.9. The molecule has 1 aromatic heterocycles. The van der Waals surface area contributed by atoms with Crippen molar-refractivity contribution in [1.29, 1.82) is 0 Å². The molecule has 90 valence electrons. The van der Waals surface area contributed by atoms with Gasteiger partial charge in [-0.3, -0.25) is 4.79 Å². The predicted octanol–water partition coefficient (Wildman–Crippen LogP) is 1.56. The van der Waals surface area contributed by atoms with Crippen molar-refractivity contribution in [2.45, 2.75) is 26.2 Å². The van der Waals surface area contributed by atoms with E-state index in [9.17, 15) is 4.79 Å². The molecule has 4 N–H and O–H groups in total. The van der Waals surface area contributed by atoms with Crippen LogP contribution >= 0.6 is 11.3 Å². The zero-order chi connectivity index (χ0) is 12.0. The van der Waals surface area contributed by atoms with Gasteiger partial charge in [-0.2, -0.15) is 0 Å². The second kappa shape index (κ2) is 6.13. The summed E-state index contributed by atoms with van der Waals surface area (Å²) in [4.78, 5) is 13.3. The van der Waals surface area contributed by atoms with Gasteiger partial charge in [0.15, 0.2) is 0 Å². The van der Waals surface area contributed by atoms with Crippen LogP contribution in [-0.4, -0.2) is 18.9 Å². The molecule has 1 rings (SSSR count). The Bertz CT molecular complexity index is 310. The summed E-state index contributed by atoms with van der Waals surface area (Å²) in [6.45, 7) is 2.68. The molecular weight excluding hydrogens is 220 g/mol. The van der Waals surface area contributed by atoms with Crippen molar-refractivity contribution in [2.24, 2.45) is 16.9 Å². The zero-order valence-corrected chi connectivity index (χ0v) is 10.6. The van der Waals surface area contributed by atoms with E-state index in [2.05, 4.69) is 6.07 Å². The number of carbonyl (C=O) groups is 1. The molecule has 0 amide bonds. The van der Waals surface area contributed by atoms with E-state index in [0.29, 0.717) is 19.5 Å². The molecule has 16 heavy (non-hydrogen) atoms. The predicted molar refractivity (Wildman–Crippen MR) is 68.5 cm³/mol. The quantitative estimate of drug-likeness (QED) is 0.760. The minimum Gasteiger partial charge on any atom is -0.329 e. The Kier molecular flexibility index (Phi) is 5.12. The molecule has 0 atom stereocenters. The minimum absolute atomic E-state index is 0.202. The number of aryl methyl sites for hydroxylation is 1. The van der Waals surface area contributed by atoms with E-state index < -0.39 is 5.41 Å². The van der Waals surface area contributed by atoms with Gasteiger partial charge in [0.1, 0.15) is 5.78 Å². The summed E-state index contributed by atoms with van der Waals surface area (Å²) in [6, 6.07) is 4.06. The Labute approximate surface area is 101 Å². The first-order valence-electron chi connectivity index (χ1n) is 5.64. The summed E-state index contributed by atoms with van der Waals surface area (Å²) in [7, 11) is 0. The fourth-order valence-electron chi connectivity index (χ4n) is 1.75. The van der Waals surface area contributed by atoms with Gasteiger partial charge in [-0.25, -0.2) is 0 Å². The number of rotatable bonds is 7. The van der Waals surface area contributed by atoms with E-state index in [1.54, 1.807) is 11.3 Å². The molecule has 0 aliphatic heterocycles. The summed E-state index contributed by atoms with van der Waals surface area (Å²) >= 11 is 1.68. The van der Waals surface area contributed by atoms with Crippen LogP contribution in [0.15, 0.2) is 17.5 Å². The molecule has 0 saturated heterocycles. The molecule has 0 aromatic carbocycles. The maximum Gasteiger partial charge on any atom is 0.141 e. The molecular formula is C12H20N2OS. The molecule has 1 heterocycles. The molecule has 4 heteroatoms. The van der Waals surface area contributed by atoms with Crippen LogP contribution in [0, 0.1) is 5.41 Å². The van der Waals surface area contributed by atoms with Gasteiger partial charge >= 0.3 is 0 Å². The van der Waals surface area contributed by atoms with Crippen molar-refractivity contribution in [3.8, 4) is 0 Å². The lowest BCUT2D eigenvalue weighted by Gasteiger charge is -2.27. The molecule has 0 radical (unpaired) electrons. The van der Waals surface area contributed by atoms with E-state index in [-0.39, 0.29) is 5.78 Å². The summed E-state index contributed by atoms with van der Waals surface area (Å²) in [5.74, 6) is 0.202. The van der Waals surface area contributed by atoms with Crippen molar-refractivity contribution in [2.75, 3.05) is 13.1 Å². The molecule has 0 aliphatic carbocycles. The molecule has 3 nitrogen and oxygen atoms in total. The van der Waals surface area contributed by atoms with Gasteiger partial charge in [0, 0.05) is 24.4 Å². The lowest BCUT2D eigenvalue weighted by Crippen LogP contribution is -2.44. The Balaban J connectivity index is 2.56. The standard InChI is InChI=1S/C12H20N2OS/c1-2-12(8-13,9-14)11(15)6-5-10-4-3-7-16-10/h3-4,7H,2,5-6,8-9,13-14H2,1H3. The lowest BCUT2D eigenvalue weighted by molar-refractivity contribution is -0.128. The van der Waals surface area contributed by atoms with Gasteiger partial charge in [-0.15, -0.1) is 11.3 Å². The first-order chi connectivity index (χ1) is 7.68. The van der Waals surface area contributed by atoms with Crippen LogP contribution in [0.25, 0.3) is 0 Å². The van der Waals surface area contributed by atoms with E-state index in [4.69, 9.17) is 11.5 Å². The number of ketones is 1. The summed E-state index contributed by atoms with van der Waals surface area (Å²) in [6.07, 6.45) is 2.07. The molecule has 1 aromatic rings. The average molecular weight is 240 g/mol. The van der Waals surface area contributed by atoms with E-state index >= 15 is 0 Å². The topological polar surface area (TPSA) is 69.1 Å². The minimum atomic E-state index is -0.503. The molecule has 0 aliphatic rings. The van der Waals surface area contributed by atoms with Gasteiger partial charge in [-0.1, -0.05) is 13.0 Å². The smallest absolute Gasteiger partial charge is 0.141 e. The maximum absolute atomic E-state index is 12.1. The SMILES string of the molecule is CCC(CN)(CN)C(=O)CCc1cccs1. The Morgan fingerprint density at radius 1 is 1.44 bits per heavy atom. The largest absolute Gasteiger partial charge is 0.329 e. The van der Waals surface area contributed by atoms with Crippen molar-refractivity contribution in [3.63, 3.8) is 0 Å². The number of hydrogen-bond donors (Lipinski definition) is 2. The second-order valence-electron chi connectivity index (χ2n) is 4.04. The monoisotopic (exact) mass is 240 g/mol. The first-order valence-corrected chi connectivity index (χ1v) is 6.52. The Morgan fingerprint density at radius 2 is 2.12 bits per heavy atom. The van der Waals surface area contributed by atoms with Gasteiger partial charge < -0.3 is 11.5 Å². The fraction of sp³-hybridized carbons (Fsp3) is 0.583. The van der Waals surface area contributed by atoms with Crippen LogP contribution in [-0.2, 0) is 11.2 Å².